The number of aromatic nitrogens is 1. The van der Waals surface area contributed by atoms with Crippen LogP contribution in [0.25, 0.3) is 4.85 Å². The monoisotopic (exact) mass is 190 g/mol. The highest BCUT2D eigenvalue weighted by atomic mass is 16.5. The SMILES string of the molecule is [C-]#[N+]c1cc(OC)nc(C(C)(C)C)c1. The van der Waals surface area contributed by atoms with E-state index in [4.69, 9.17) is 11.3 Å². The molecule has 14 heavy (non-hydrogen) atoms. The summed E-state index contributed by atoms with van der Waals surface area (Å²) in [6.45, 7) is 13.1. The fourth-order valence-electron chi connectivity index (χ4n) is 1.04. The average Bonchev–Trinajstić information content (AvgIpc) is 2.15. The van der Waals surface area contributed by atoms with Gasteiger partial charge in [-0.05, 0) is 6.07 Å². The van der Waals surface area contributed by atoms with Gasteiger partial charge in [0.25, 0.3) is 0 Å². The first kappa shape index (κ1) is 10.5. The number of pyridine rings is 1. The van der Waals surface area contributed by atoms with Crippen LogP contribution in [0.2, 0.25) is 0 Å². The molecular weight excluding hydrogens is 176 g/mol. The number of hydrogen-bond donors (Lipinski definition) is 0. The molecule has 0 amide bonds. The van der Waals surface area contributed by atoms with Crippen molar-refractivity contribution in [1.82, 2.24) is 4.98 Å². The maximum absolute atomic E-state index is 6.96. The Bertz CT molecular complexity index is 372. The number of hydrogen-bond acceptors (Lipinski definition) is 2. The van der Waals surface area contributed by atoms with Crippen molar-refractivity contribution < 1.29 is 4.74 Å². The summed E-state index contributed by atoms with van der Waals surface area (Å²) in [6, 6.07) is 3.44. The molecule has 1 heterocycles. The average molecular weight is 190 g/mol. The number of nitrogens with zero attached hydrogens (tertiary/aromatic N) is 2. The van der Waals surface area contributed by atoms with Crippen molar-refractivity contribution in [3.05, 3.63) is 29.2 Å². The van der Waals surface area contributed by atoms with Crippen LogP contribution in [0.4, 0.5) is 5.69 Å². The van der Waals surface area contributed by atoms with E-state index in [0.717, 1.165) is 5.69 Å². The van der Waals surface area contributed by atoms with E-state index in [1.54, 1.807) is 19.2 Å². The molecule has 0 aliphatic heterocycles. The largest absolute Gasteiger partial charge is 0.482 e. The molecule has 1 aromatic heterocycles. The van der Waals surface area contributed by atoms with Crippen molar-refractivity contribution >= 4 is 5.69 Å². The first-order valence-corrected chi connectivity index (χ1v) is 4.41. The van der Waals surface area contributed by atoms with Crippen molar-refractivity contribution in [1.29, 1.82) is 0 Å². The standard InChI is InChI=1S/C11H14N2O/c1-11(2,3)9-6-8(12-4)7-10(13-9)14-5/h6-7H,1-3,5H3. The maximum Gasteiger partial charge on any atom is 0.202 e. The highest BCUT2D eigenvalue weighted by Gasteiger charge is 2.17. The fraction of sp³-hybridized carbons (Fsp3) is 0.455. The van der Waals surface area contributed by atoms with Gasteiger partial charge in [-0.2, -0.15) is 0 Å². The molecule has 0 fully saturated rings. The summed E-state index contributed by atoms with van der Waals surface area (Å²) in [5.74, 6) is 0.503. The Balaban J connectivity index is 3.26. The Kier molecular flexibility index (Phi) is 2.76. The van der Waals surface area contributed by atoms with E-state index in [9.17, 15) is 0 Å². The Morgan fingerprint density at radius 2 is 2.00 bits per heavy atom. The van der Waals surface area contributed by atoms with Crippen LogP contribution in [0.15, 0.2) is 12.1 Å². The molecule has 0 atom stereocenters. The minimum Gasteiger partial charge on any atom is -0.482 e. The topological polar surface area (TPSA) is 26.5 Å². The molecule has 0 aromatic carbocycles. The van der Waals surface area contributed by atoms with Crippen LogP contribution >= 0.6 is 0 Å². The van der Waals surface area contributed by atoms with Gasteiger partial charge >= 0.3 is 0 Å². The van der Waals surface area contributed by atoms with Crippen molar-refractivity contribution in [3.63, 3.8) is 0 Å². The molecular formula is C11H14N2O. The number of ether oxygens (including phenoxy) is 1. The Morgan fingerprint density at radius 1 is 1.36 bits per heavy atom. The Hall–Kier alpha value is -1.56. The Labute approximate surface area is 84.6 Å². The smallest absolute Gasteiger partial charge is 0.202 e. The molecule has 1 rings (SSSR count). The third-order valence-corrected chi connectivity index (χ3v) is 1.89. The van der Waals surface area contributed by atoms with Crippen LogP contribution in [0.3, 0.4) is 0 Å². The highest BCUT2D eigenvalue weighted by Crippen LogP contribution is 2.27. The molecule has 0 unspecified atom stereocenters. The molecule has 74 valence electrons. The van der Waals surface area contributed by atoms with Gasteiger partial charge in [-0.3, -0.25) is 0 Å². The van der Waals surface area contributed by atoms with Crippen molar-refractivity contribution in [2.24, 2.45) is 0 Å². The third kappa shape index (κ3) is 2.23. The Morgan fingerprint density at radius 3 is 2.43 bits per heavy atom. The molecule has 1 aromatic rings. The number of methoxy groups -OCH3 is 1. The fourth-order valence-corrected chi connectivity index (χ4v) is 1.04. The first-order chi connectivity index (χ1) is 6.47. The summed E-state index contributed by atoms with van der Waals surface area (Å²) in [5.41, 5.74) is 1.39. The second-order valence-electron chi connectivity index (χ2n) is 4.11. The van der Waals surface area contributed by atoms with Gasteiger partial charge in [0.05, 0.1) is 13.7 Å². The lowest BCUT2D eigenvalue weighted by atomic mass is 9.91. The van der Waals surface area contributed by atoms with Gasteiger partial charge in [0.2, 0.25) is 5.88 Å². The van der Waals surface area contributed by atoms with E-state index >= 15 is 0 Å². The lowest BCUT2D eigenvalue weighted by Crippen LogP contribution is -2.13. The van der Waals surface area contributed by atoms with Crippen molar-refractivity contribution in [2.75, 3.05) is 7.11 Å². The molecule has 0 N–H and O–H groups in total. The third-order valence-electron chi connectivity index (χ3n) is 1.89. The summed E-state index contributed by atoms with van der Waals surface area (Å²) in [6.07, 6.45) is 0. The van der Waals surface area contributed by atoms with Gasteiger partial charge in [0.1, 0.15) is 0 Å². The van der Waals surface area contributed by atoms with E-state index in [1.807, 2.05) is 0 Å². The van der Waals surface area contributed by atoms with E-state index in [-0.39, 0.29) is 5.41 Å². The van der Waals surface area contributed by atoms with Crippen LogP contribution in [0, 0.1) is 6.57 Å². The molecule has 0 spiro atoms. The second-order valence-corrected chi connectivity index (χ2v) is 4.11. The predicted molar refractivity (Wildman–Crippen MR) is 55.8 cm³/mol. The van der Waals surface area contributed by atoms with Crippen LogP contribution in [0.1, 0.15) is 26.5 Å². The summed E-state index contributed by atoms with van der Waals surface area (Å²) >= 11 is 0. The summed E-state index contributed by atoms with van der Waals surface area (Å²) in [7, 11) is 1.56. The van der Waals surface area contributed by atoms with Crippen LogP contribution < -0.4 is 4.74 Å². The van der Waals surface area contributed by atoms with Gasteiger partial charge in [-0.25, -0.2) is 9.83 Å². The zero-order valence-electron chi connectivity index (χ0n) is 8.96. The van der Waals surface area contributed by atoms with Gasteiger partial charge < -0.3 is 4.74 Å². The lowest BCUT2D eigenvalue weighted by Gasteiger charge is -2.18. The minimum absolute atomic E-state index is 0.0615. The normalized spacial score (nSPS) is 10.8. The molecule has 0 radical (unpaired) electrons. The number of rotatable bonds is 1. The molecule has 0 saturated carbocycles. The van der Waals surface area contributed by atoms with Crippen LogP contribution in [0.5, 0.6) is 5.88 Å². The highest BCUT2D eigenvalue weighted by molar-refractivity contribution is 5.49. The zero-order chi connectivity index (χ0) is 10.8. The molecule has 0 saturated heterocycles. The zero-order valence-corrected chi connectivity index (χ0v) is 8.96. The van der Waals surface area contributed by atoms with E-state index < -0.39 is 0 Å². The molecule has 3 heteroatoms. The van der Waals surface area contributed by atoms with Gasteiger partial charge in [0.15, 0.2) is 5.69 Å². The minimum atomic E-state index is -0.0615. The molecule has 0 aliphatic rings. The van der Waals surface area contributed by atoms with Gasteiger partial charge in [-0.15, -0.1) is 0 Å². The maximum atomic E-state index is 6.96. The quantitative estimate of drug-likeness (QED) is 0.636. The summed E-state index contributed by atoms with van der Waals surface area (Å²) < 4.78 is 5.04. The van der Waals surface area contributed by atoms with E-state index in [2.05, 4.69) is 30.6 Å². The van der Waals surface area contributed by atoms with Gasteiger partial charge in [-0.1, -0.05) is 20.8 Å². The molecule has 0 bridgehead atoms. The van der Waals surface area contributed by atoms with Crippen molar-refractivity contribution in [2.45, 2.75) is 26.2 Å². The van der Waals surface area contributed by atoms with Crippen LogP contribution in [-0.2, 0) is 5.41 Å². The predicted octanol–water partition coefficient (Wildman–Crippen LogP) is 2.94. The van der Waals surface area contributed by atoms with E-state index in [0.29, 0.717) is 11.6 Å². The van der Waals surface area contributed by atoms with E-state index in [1.165, 1.54) is 0 Å². The summed E-state index contributed by atoms with van der Waals surface area (Å²) in [5, 5.41) is 0. The van der Waals surface area contributed by atoms with Gasteiger partial charge in [0, 0.05) is 17.2 Å². The lowest BCUT2D eigenvalue weighted by molar-refractivity contribution is 0.392. The second kappa shape index (κ2) is 3.67. The van der Waals surface area contributed by atoms with Crippen molar-refractivity contribution in [3.8, 4) is 5.88 Å². The molecule has 0 aliphatic carbocycles. The molecule has 3 nitrogen and oxygen atoms in total. The summed E-state index contributed by atoms with van der Waals surface area (Å²) in [4.78, 5) is 7.69. The first-order valence-electron chi connectivity index (χ1n) is 4.41. The van der Waals surface area contributed by atoms with Crippen LogP contribution in [-0.4, -0.2) is 12.1 Å².